The second-order valence-electron chi connectivity index (χ2n) is 12.0. The number of likely N-dealkylation sites (N-methyl/N-ethyl adjacent to an activating group) is 1. The Kier molecular flexibility index (Phi) is 5.13. The molecule has 1 aromatic carbocycles. The van der Waals surface area contributed by atoms with Crippen LogP contribution in [0.3, 0.4) is 0 Å². The van der Waals surface area contributed by atoms with E-state index in [4.69, 9.17) is 9.73 Å². The third-order valence-electron chi connectivity index (χ3n) is 9.37. The average Bonchev–Trinajstić information content (AvgIpc) is 3.07. The third kappa shape index (κ3) is 3.67. The summed E-state index contributed by atoms with van der Waals surface area (Å²) >= 11 is 0. The van der Waals surface area contributed by atoms with Crippen molar-refractivity contribution in [3.63, 3.8) is 0 Å². The number of amidine groups is 1. The van der Waals surface area contributed by atoms with Crippen LogP contribution in [0.4, 0.5) is 4.39 Å². The number of likely N-dealkylation sites (tertiary alicyclic amines) is 1. The van der Waals surface area contributed by atoms with Gasteiger partial charge in [-0.15, -0.1) is 0 Å². The lowest BCUT2D eigenvalue weighted by molar-refractivity contribution is 0.0741. The SMILES string of the molecule is CCN1CC(c2ccc(C[C@@H]3C(C)(C)OC(=NC45C[C@@H]6CC4C[C@@H](C6)C5)NS3(=O)=O)c(F)c2)C1. The van der Waals surface area contributed by atoms with Crippen LogP contribution >= 0.6 is 0 Å². The lowest BCUT2D eigenvalue weighted by Gasteiger charge is -2.41. The normalized spacial score (nSPS) is 39.1. The Labute approximate surface area is 202 Å². The van der Waals surface area contributed by atoms with E-state index in [0.717, 1.165) is 49.9 Å². The Morgan fingerprint density at radius 1 is 1.18 bits per heavy atom. The standard InChI is InChI=1S/C26H36FN3O3S/c1-4-30-14-20(15-30)18-5-6-19(22(27)10-18)11-23-25(2,3)33-24(29-34(23,31)32)28-26-12-16-7-17(13-26)9-21(26)8-16/h5-6,10,16-17,20-21,23H,4,7-9,11-15H2,1-3H3,(H,28,29)/t16-,17+,21?,23-,26?/m1/s1. The number of aliphatic imine (C=N–C) groups is 1. The van der Waals surface area contributed by atoms with Crippen LogP contribution in [0.1, 0.15) is 69.9 Å². The number of sulfonamides is 1. The van der Waals surface area contributed by atoms with Crippen LogP contribution in [0.2, 0.25) is 0 Å². The molecule has 1 N–H and O–H groups in total. The largest absolute Gasteiger partial charge is 0.457 e. The molecule has 2 saturated heterocycles. The van der Waals surface area contributed by atoms with Gasteiger partial charge in [-0.2, -0.15) is 0 Å². The zero-order chi connectivity index (χ0) is 23.9. The summed E-state index contributed by atoms with van der Waals surface area (Å²) in [4.78, 5) is 7.26. The molecule has 186 valence electrons. The van der Waals surface area contributed by atoms with E-state index in [0.29, 0.717) is 17.4 Å². The zero-order valence-corrected chi connectivity index (χ0v) is 21.2. The molecule has 2 unspecified atom stereocenters. The summed E-state index contributed by atoms with van der Waals surface area (Å²) in [5, 5.41) is -0.910. The molecule has 4 aliphatic carbocycles. The molecule has 8 heteroatoms. The van der Waals surface area contributed by atoms with Crippen LogP contribution < -0.4 is 4.72 Å². The summed E-state index contributed by atoms with van der Waals surface area (Å²) in [6.07, 6.45) is 5.86. The molecular weight excluding hydrogens is 453 g/mol. The molecule has 6 aliphatic rings. The molecular formula is C26H36FN3O3S. The second kappa shape index (κ2) is 7.66. The zero-order valence-electron chi connectivity index (χ0n) is 20.4. The molecule has 0 radical (unpaired) electrons. The summed E-state index contributed by atoms with van der Waals surface area (Å²) in [5.41, 5.74) is 0.217. The van der Waals surface area contributed by atoms with Gasteiger partial charge in [0.25, 0.3) is 6.02 Å². The van der Waals surface area contributed by atoms with E-state index in [1.807, 2.05) is 6.07 Å². The first-order chi connectivity index (χ1) is 16.1. The van der Waals surface area contributed by atoms with Crippen molar-refractivity contribution in [1.29, 1.82) is 0 Å². The van der Waals surface area contributed by atoms with Crippen molar-refractivity contribution < 1.29 is 17.5 Å². The van der Waals surface area contributed by atoms with Crippen molar-refractivity contribution in [2.75, 3.05) is 19.6 Å². The minimum absolute atomic E-state index is 0.0609. The Morgan fingerprint density at radius 3 is 2.50 bits per heavy atom. The Hall–Kier alpha value is -1.67. The molecule has 2 aliphatic heterocycles. The quantitative estimate of drug-likeness (QED) is 0.683. The van der Waals surface area contributed by atoms with E-state index in [9.17, 15) is 8.42 Å². The van der Waals surface area contributed by atoms with Crippen LogP contribution in [0.25, 0.3) is 0 Å². The summed E-state index contributed by atoms with van der Waals surface area (Å²) in [5.74, 6) is 2.00. The van der Waals surface area contributed by atoms with E-state index in [-0.39, 0.29) is 23.8 Å². The highest BCUT2D eigenvalue weighted by Crippen LogP contribution is 2.62. The van der Waals surface area contributed by atoms with Gasteiger partial charge in [0, 0.05) is 19.0 Å². The fourth-order valence-electron chi connectivity index (χ4n) is 7.66. The number of halogens is 1. The molecule has 6 fully saturated rings. The average molecular weight is 490 g/mol. The number of hydrogen-bond donors (Lipinski definition) is 1. The second-order valence-corrected chi connectivity index (χ2v) is 13.9. The van der Waals surface area contributed by atoms with Gasteiger partial charge >= 0.3 is 0 Å². The highest BCUT2D eigenvalue weighted by Gasteiger charge is 2.59. The number of nitrogens with one attached hydrogen (secondary N) is 1. The molecule has 6 nitrogen and oxygen atoms in total. The van der Waals surface area contributed by atoms with Crippen molar-refractivity contribution in [1.82, 2.24) is 9.62 Å². The van der Waals surface area contributed by atoms with Crippen molar-refractivity contribution >= 4 is 16.0 Å². The van der Waals surface area contributed by atoms with Crippen LogP contribution in [0, 0.1) is 23.6 Å². The summed E-state index contributed by atoms with van der Waals surface area (Å²) < 4.78 is 50.6. The molecule has 5 atom stereocenters. The van der Waals surface area contributed by atoms with Crippen molar-refractivity contribution in [3.05, 3.63) is 35.1 Å². The van der Waals surface area contributed by atoms with Crippen LogP contribution in [-0.2, 0) is 21.2 Å². The predicted octanol–water partition coefficient (Wildman–Crippen LogP) is 3.82. The van der Waals surface area contributed by atoms with Gasteiger partial charge in [0.15, 0.2) is 0 Å². The maximum atomic E-state index is 15.0. The van der Waals surface area contributed by atoms with Gasteiger partial charge in [-0.05, 0) is 93.9 Å². The number of rotatable bonds is 5. The number of nitrogens with zero attached hydrogens (tertiary/aromatic N) is 2. The molecule has 0 aromatic heterocycles. The summed E-state index contributed by atoms with van der Waals surface area (Å²) in [6.45, 7) is 8.59. The Balaban J connectivity index is 1.21. The van der Waals surface area contributed by atoms with E-state index >= 15 is 4.39 Å². The van der Waals surface area contributed by atoms with Crippen molar-refractivity contribution in [2.45, 2.75) is 81.6 Å². The van der Waals surface area contributed by atoms with E-state index in [2.05, 4.69) is 16.5 Å². The highest BCUT2D eigenvalue weighted by molar-refractivity contribution is 7.90. The van der Waals surface area contributed by atoms with Crippen molar-refractivity contribution in [2.24, 2.45) is 22.7 Å². The van der Waals surface area contributed by atoms with Gasteiger partial charge < -0.3 is 9.64 Å². The molecule has 2 heterocycles. The maximum Gasteiger partial charge on any atom is 0.299 e. The topological polar surface area (TPSA) is 71.0 Å². The van der Waals surface area contributed by atoms with Gasteiger partial charge in [0.1, 0.15) is 16.7 Å². The Bertz CT molecular complexity index is 1110. The monoisotopic (exact) mass is 489 g/mol. The highest BCUT2D eigenvalue weighted by atomic mass is 32.2. The molecule has 4 saturated carbocycles. The first kappa shape index (κ1) is 22.8. The molecule has 0 spiro atoms. The molecule has 1 aromatic rings. The smallest absolute Gasteiger partial charge is 0.299 e. The van der Waals surface area contributed by atoms with Gasteiger partial charge in [0.2, 0.25) is 10.0 Å². The molecule has 0 amide bonds. The lowest BCUT2D eigenvalue weighted by Crippen LogP contribution is -2.59. The number of benzene rings is 1. The third-order valence-corrected chi connectivity index (χ3v) is 11.3. The van der Waals surface area contributed by atoms with E-state index in [1.165, 1.54) is 19.3 Å². The van der Waals surface area contributed by atoms with Gasteiger partial charge in [0.05, 0.1) is 5.54 Å². The van der Waals surface area contributed by atoms with Crippen LogP contribution in [0.15, 0.2) is 23.2 Å². The van der Waals surface area contributed by atoms with E-state index < -0.39 is 20.9 Å². The van der Waals surface area contributed by atoms with Gasteiger partial charge in [-0.1, -0.05) is 19.1 Å². The van der Waals surface area contributed by atoms with Crippen LogP contribution in [-0.4, -0.2) is 55.4 Å². The summed E-state index contributed by atoms with van der Waals surface area (Å²) in [7, 11) is -3.78. The maximum absolute atomic E-state index is 15.0. The first-order valence-corrected chi connectivity index (χ1v) is 14.4. The molecule has 34 heavy (non-hydrogen) atoms. The number of ether oxygens (including phenoxy) is 1. The molecule has 7 rings (SSSR count). The molecule has 4 bridgehead atoms. The van der Waals surface area contributed by atoms with Gasteiger partial charge in [-0.25, -0.2) is 22.5 Å². The summed E-state index contributed by atoms with van der Waals surface area (Å²) in [6, 6.07) is 5.42. The fourth-order valence-corrected chi connectivity index (χ4v) is 9.33. The lowest BCUT2D eigenvalue weighted by atomic mass is 9.81. The minimum Gasteiger partial charge on any atom is -0.457 e. The van der Waals surface area contributed by atoms with Crippen LogP contribution in [0.5, 0.6) is 0 Å². The predicted molar refractivity (Wildman–Crippen MR) is 130 cm³/mol. The Morgan fingerprint density at radius 2 is 1.88 bits per heavy atom. The minimum atomic E-state index is -3.78. The number of hydrogen-bond acceptors (Lipinski definition) is 5. The van der Waals surface area contributed by atoms with E-state index in [1.54, 1.807) is 26.0 Å². The first-order valence-electron chi connectivity index (χ1n) is 12.9. The van der Waals surface area contributed by atoms with Crippen molar-refractivity contribution in [3.8, 4) is 0 Å². The fraction of sp³-hybridized carbons (Fsp3) is 0.731. The van der Waals surface area contributed by atoms with Gasteiger partial charge in [-0.3, -0.25) is 0 Å².